The van der Waals surface area contributed by atoms with Crippen LogP contribution >= 0.6 is 0 Å². The van der Waals surface area contributed by atoms with Gasteiger partial charge >= 0.3 is 0 Å². The van der Waals surface area contributed by atoms with Crippen LogP contribution in [0.15, 0.2) is 0 Å². The van der Waals surface area contributed by atoms with Gasteiger partial charge in [-0.2, -0.15) is 15.0 Å². The summed E-state index contributed by atoms with van der Waals surface area (Å²) in [6, 6.07) is 0. The van der Waals surface area contributed by atoms with E-state index in [1.165, 1.54) is 0 Å². The van der Waals surface area contributed by atoms with Gasteiger partial charge in [0.15, 0.2) is 0 Å². The standard InChI is InChI=1S/C5H8N5/c1-2-3-8-4(6)10-5(7)9-3/h2H,1H3,(H4,6,7,8,9,10). The smallest absolute Gasteiger partial charge is 0.225 e. The molecule has 1 aromatic heterocycles. The van der Waals surface area contributed by atoms with E-state index in [4.69, 9.17) is 11.5 Å². The van der Waals surface area contributed by atoms with Crippen molar-refractivity contribution in [3.63, 3.8) is 0 Å². The number of nitrogens with zero attached hydrogens (tertiary/aromatic N) is 3. The highest BCUT2D eigenvalue weighted by molar-refractivity contribution is 5.27. The first-order valence-corrected chi connectivity index (χ1v) is 2.79. The van der Waals surface area contributed by atoms with E-state index in [2.05, 4.69) is 15.0 Å². The van der Waals surface area contributed by atoms with Crippen molar-refractivity contribution in [2.24, 2.45) is 0 Å². The van der Waals surface area contributed by atoms with Gasteiger partial charge in [-0.15, -0.1) is 0 Å². The molecule has 0 unspecified atom stereocenters. The predicted molar refractivity (Wildman–Crippen MR) is 37.7 cm³/mol. The summed E-state index contributed by atoms with van der Waals surface area (Å²) in [7, 11) is 0. The minimum absolute atomic E-state index is 0.153. The van der Waals surface area contributed by atoms with Crippen LogP contribution in [0.1, 0.15) is 12.7 Å². The van der Waals surface area contributed by atoms with Crippen LogP contribution < -0.4 is 11.5 Å². The van der Waals surface area contributed by atoms with E-state index in [1.807, 2.05) is 0 Å². The molecule has 0 atom stereocenters. The molecule has 0 aliphatic rings. The van der Waals surface area contributed by atoms with E-state index >= 15 is 0 Å². The molecule has 5 nitrogen and oxygen atoms in total. The quantitative estimate of drug-likeness (QED) is 0.551. The fourth-order valence-electron chi connectivity index (χ4n) is 0.556. The Labute approximate surface area is 58.5 Å². The summed E-state index contributed by atoms with van der Waals surface area (Å²) in [6.45, 7) is 1.80. The molecule has 0 amide bonds. The van der Waals surface area contributed by atoms with Crippen molar-refractivity contribution in [1.29, 1.82) is 0 Å². The molecule has 0 saturated carbocycles. The first-order chi connectivity index (χ1) is 4.72. The minimum atomic E-state index is 0.153. The molecule has 1 aromatic rings. The van der Waals surface area contributed by atoms with Gasteiger partial charge in [-0.3, -0.25) is 0 Å². The maximum atomic E-state index is 5.27. The highest BCUT2D eigenvalue weighted by Gasteiger charge is 1.97. The van der Waals surface area contributed by atoms with Gasteiger partial charge in [-0.05, 0) is 0 Å². The lowest BCUT2D eigenvalue weighted by Gasteiger charge is -1.96. The average Bonchev–Trinajstić information content (AvgIpc) is 1.85. The highest BCUT2D eigenvalue weighted by Crippen LogP contribution is 1.99. The Kier molecular flexibility index (Phi) is 1.66. The van der Waals surface area contributed by atoms with Crippen molar-refractivity contribution in [3.8, 4) is 0 Å². The largest absolute Gasteiger partial charge is 0.368 e. The Bertz CT molecular complexity index is 213. The molecule has 0 bridgehead atoms. The summed E-state index contributed by atoms with van der Waals surface area (Å²) in [4.78, 5) is 11.1. The predicted octanol–water partition coefficient (Wildman–Crippen LogP) is -0.392. The summed E-state index contributed by atoms with van der Waals surface area (Å²) in [6.07, 6.45) is 1.70. The molecule has 53 valence electrons. The number of hydrogen-bond acceptors (Lipinski definition) is 5. The lowest BCUT2D eigenvalue weighted by molar-refractivity contribution is 1.01. The summed E-state index contributed by atoms with van der Waals surface area (Å²) in [5.74, 6) is 0.811. The molecule has 0 aliphatic carbocycles. The van der Waals surface area contributed by atoms with E-state index < -0.39 is 0 Å². The van der Waals surface area contributed by atoms with Crippen LogP contribution in [0, 0.1) is 6.42 Å². The monoisotopic (exact) mass is 138 g/mol. The third-order valence-electron chi connectivity index (χ3n) is 0.945. The third kappa shape index (κ3) is 1.31. The van der Waals surface area contributed by atoms with Crippen LogP contribution in [0.5, 0.6) is 0 Å². The van der Waals surface area contributed by atoms with Gasteiger partial charge in [0.25, 0.3) is 0 Å². The van der Waals surface area contributed by atoms with Crippen molar-refractivity contribution >= 4 is 11.9 Å². The second-order valence-corrected chi connectivity index (χ2v) is 1.70. The van der Waals surface area contributed by atoms with Crippen LogP contribution in [-0.2, 0) is 0 Å². The zero-order valence-corrected chi connectivity index (χ0v) is 5.57. The SMILES string of the molecule is C[CH]c1nc(N)nc(N)n1. The second kappa shape index (κ2) is 2.47. The molecule has 0 saturated heterocycles. The van der Waals surface area contributed by atoms with E-state index in [0.29, 0.717) is 5.82 Å². The molecule has 0 fully saturated rings. The third-order valence-corrected chi connectivity index (χ3v) is 0.945. The van der Waals surface area contributed by atoms with E-state index in [-0.39, 0.29) is 11.9 Å². The minimum Gasteiger partial charge on any atom is -0.368 e. The van der Waals surface area contributed by atoms with Crippen LogP contribution in [0.4, 0.5) is 11.9 Å². The van der Waals surface area contributed by atoms with E-state index in [1.54, 1.807) is 13.3 Å². The van der Waals surface area contributed by atoms with Crippen LogP contribution in [0.2, 0.25) is 0 Å². The molecular formula is C5H8N5. The van der Waals surface area contributed by atoms with E-state index in [9.17, 15) is 0 Å². The van der Waals surface area contributed by atoms with Gasteiger partial charge in [-0.1, -0.05) is 6.92 Å². The molecule has 10 heavy (non-hydrogen) atoms. The fraction of sp³-hybridized carbons (Fsp3) is 0.200. The topological polar surface area (TPSA) is 90.7 Å². The molecule has 5 heteroatoms. The molecule has 0 aromatic carbocycles. The Balaban J connectivity index is 3.06. The molecule has 0 spiro atoms. The van der Waals surface area contributed by atoms with Crippen molar-refractivity contribution < 1.29 is 0 Å². The first-order valence-electron chi connectivity index (χ1n) is 2.79. The molecule has 0 aliphatic heterocycles. The maximum absolute atomic E-state index is 5.27. The van der Waals surface area contributed by atoms with Crippen LogP contribution in [-0.4, -0.2) is 15.0 Å². The normalized spacial score (nSPS) is 9.70. The van der Waals surface area contributed by atoms with Gasteiger partial charge in [0, 0.05) is 6.42 Å². The molecule has 4 N–H and O–H groups in total. The van der Waals surface area contributed by atoms with Crippen LogP contribution in [0.25, 0.3) is 0 Å². The molecule has 1 rings (SSSR count). The lowest BCUT2D eigenvalue weighted by Crippen LogP contribution is -2.05. The van der Waals surface area contributed by atoms with Gasteiger partial charge in [-0.25, -0.2) is 0 Å². The van der Waals surface area contributed by atoms with Crippen molar-refractivity contribution in [3.05, 3.63) is 12.2 Å². The number of aromatic nitrogens is 3. The molecule has 1 heterocycles. The Morgan fingerprint density at radius 1 is 1.10 bits per heavy atom. The number of anilines is 2. The van der Waals surface area contributed by atoms with Crippen LogP contribution in [0.3, 0.4) is 0 Å². The van der Waals surface area contributed by atoms with Crippen molar-refractivity contribution in [2.75, 3.05) is 11.5 Å². The lowest BCUT2D eigenvalue weighted by atomic mass is 10.5. The Morgan fingerprint density at radius 3 is 2.00 bits per heavy atom. The maximum Gasteiger partial charge on any atom is 0.225 e. The number of nitrogens with two attached hydrogens (primary N) is 2. The van der Waals surface area contributed by atoms with Crippen molar-refractivity contribution in [1.82, 2.24) is 15.0 Å². The van der Waals surface area contributed by atoms with E-state index in [0.717, 1.165) is 0 Å². The Morgan fingerprint density at radius 2 is 1.60 bits per heavy atom. The summed E-state index contributed by atoms with van der Waals surface area (Å²) >= 11 is 0. The second-order valence-electron chi connectivity index (χ2n) is 1.70. The summed E-state index contributed by atoms with van der Waals surface area (Å²) < 4.78 is 0. The average molecular weight is 138 g/mol. The summed E-state index contributed by atoms with van der Waals surface area (Å²) in [5, 5.41) is 0. The number of hydrogen-bond donors (Lipinski definition) is 2. The Hall–Kier alpha value is -1.39. The zero-order chi connectivity index (χ0) is 7.56. The summed E-state index contributed by atoms with van der Waals surface area (Å²) in [5.41, 5.74) is 10.5. The van der Waals surface area contributed by atoms with Gasteiger partial charge < -0.3 is 11.5 Å². The first kappa shape index (κ1) is 6.73. The fourth-order valence-corrected chi connectivity index (χ4v) is 0.556. The zero-order valence-electron chi connectivity index (χ0n) is 5.57. The number of nitrogen functional groups attached to an aromatic ring is 2. The van der Waals surface area contributed by atoms with Gasteiger partial charge in [0.1, 0.15) is 5.82 Å². The molecular weight excluding hydrogens is 130 g/mol. The van der Waals surface area contributed by atoms with Crippen molar-refractivity contribution in [2.45, 2.75) is 6.92 Å². The van der Waals surface area contributed by atoms with Gasteiger partial charge in [0.05, 0.1) is 0 Å². The highest BCUT2D eigenvalue weighted by atomic mass is 15.1. The molecule has 1 radical (unpaired) electrons. The number of rotatable bonds is 1. The van der Waals surface area contributed by atoms with Gasteiger partial charge in [0.2, 0.25) is 11.9 Å².